The van der Waals surface area contributed by atoms with Crippen molar-refractivity contribution in [3.05, 3.63) is 6.58 Å². The van der Waals surface area contributed by atoms with Crippen molar-refractivity contribution in [1.82, 2.24) is 5.32 Å². The van der Waals surface area contributed by atoms with Gasteiger partial charge in [-0.2, -0.15) is 0 Å². The molecule has 0 aliphatic heterocycles. The van der Waals surface area contributed by atoms with Crippen molar-refractivity contribution in [2.75, 3.05) is 6.54 Å². The summed E-state index contributed by atoms with van der Waals surface area (Å²) in [7, 11) is 0. The monoisotopic (exact) mass is 354 g/mol. The molecule has 3 N–H and O–H groups in total. The van der Waals surface area contributed by atoms with Crippen LogP contribution >= 0.6 is 0 Å². The molecule has 0 atom stereocenters. The zero-order valence-corrected chi connectivity index (χ0v) is 16.6. The standard InChI is InChI=1S/C19H39NO2.C2H3N/c1-2-3-4-5-6-7-8-9-10-11-12-13-14-15-16-17-18-20-19(21)22;1-2-3/h20H,2-18H2,1H3,(H,21,22);3H,1H2. The minimum atomic E-state index is -0.902. The van der Waals surface area contributed by atoms with Crippen LogP contribution in [0.2, 0.25) is 0 Å². The topological polar surface area (TPSA) is 73.2 Å². The predicted molar refractivity (Wildman–Crippen MR) is 109 cm³/mol. The third-order valence-electron chi connectivity index (χ3n) is 4.31. The van der Waals surface area contributed by atoms with Crippen LogP contribution in [0.25, 0.3) is 0 Å². The molecule has 0 spiro atoms. The van der Waals surface area contributed by atoms with E-state index in [0.29, 0.717) is 6.54 Å². The Bertz CT molecular complexity index is 300. The lowest BCUT2D eigenvalue weighted by Crippen LogP contribution is -2.21. The van der Waals surface area contributed by atoms with E-state index in [9.17, 15) is 4.79 Å². The maximum atomic E-state index is 10.2. The highest BCUT2D eigenvalue weighted by Gasteiger charge is 1.95. The summed E-state index contributed by atoms with van der Waals surface area (Å²) in [6.07, 6.45) is 20.7. The number of hydrogen-bond donors (Lipinski definition) is 3. The zero-order valence-electron chi connectivity index (χ0n) is 16.6. The van der Waals surface area contributed by atoms with Crippen molar-refractivity contribution in [3.8, 4) is 0 Å². The van der Waals surface area contributed by atoms with E-state index < -0.39 is 6.09 Å². The predicted octanol–water partition coefficient (Wildman–Crippen LogP) is 6.94. The molecule has 0 aliphatic rings. The highest BCUT2D eigenvalue weighted by Crippen LogP contribution is 2.13. The van der Waals surface area contributed by atoms with E-state index in [-0.39, 0.29) is 0 Å². The Kier molecular flexibility index (Phi) is 25.9. The molecule has 1 amide bonds. The smallest absolute Gasteiger partial charge is 0.404 e. The number of amides is 1. The first-order valence-corrected chi connectivity index (χ1v) is 10.3. The van der Waals surface area contributed by atoms with Crippen molar-refractivity contribution < 1.29 is 9.90 Å². The Morgan fingerprint density at radius 3 is 1.36 bits per heavy atom. The molecule has 0 aliphatic carbocycles. The molecule has 0 bridgehead atoms. The van der Waals surface area contributed by atoms with Crippen LogP contribution in [0.15, 0.2) is 6.58 Å². The SMILES string of the molecule is C=C=N.CCCCCCCCCCCCCCCCCCNC(=O)O. The Morgan fingerprint density at radius 2 is 1.08 bits per heavy atom. The van der Waals surface area contributed by atoms with Crippen LogP contribution in [0.3, 0.4) is 0 Å². The molecular formula is C21H42N2O2. The van der Waals surface area contributed by atoms with Crippen LogP contribution in [0.5, 0.6) is 0 Å². The summed E-state index contributed by atoms with van der Waals surface area (Å²) in [4.78, 5) is 10.2. The first-order chi connectivity index (χ1) is 12.2. The third kappa shape index (κ3) is 31.1. The van der Waals surface area contributed by atoms with Gasteiger partial charge >= 0.3 is 6.09 Å². The Labute approximate surface area is 156 Å². The van der Waals surface area contributed by atoms with E-state index in [2.05, 4.69) is 18.8 Å². The molecule has 0 aromatic rings. The minimum Gasteiger partial charge on any atom is -0.465 e. The summed E-state index contributed by atoms with van der Waals surface area (Å²) in [6.45, 7) is 5.78. The van der Waals surface area contributed by atoms with Gasteiger partial charge in [0.1, 0.15) is 0 Å². The van der Waals surface area contributed by atoms with Crippen molar-refractivity contribution in [1.29, 1.82) is 5.41 Å². The normalized spacial score (nSPS) is 9.80. The van der Waals surface area contributed by atoms with E-state index >= 15 is 0 Å². The van der Waals surface area contributed by atoms with Gasteiger partial charge < -0.3 is 10.4 Å². The van der Waals surface area contributed by atoms with Gasteiger partial charge in [0.15, 0.2) is 0 Å². The zero-order chi connectivity index (χ0) is 19.0. The number of rotatable bonds is 17. The summed E-state index contributed by atoms with van der Waals surface area (Å²) in [5.74, 6) is 1.75. The number of carboxylic acid groups (broad SMARTS) is 1. The molecule has 0 aromatic heterocycles. The average Bonchev–Trinajstić information content (AvgIpc) is 2.58. The van der Waals surface area contributed by atoms with E-state index in [4.69, 9.17) is 10.5 Å². The molecule has 0 unspecified atom stereocenters. The van der Waals surface area contributed by atoms with Crippen LogP contribution in [-0.4, -0.2) is 23.6 Å². The lowest BCUT2D eigenvalue weighted by molar-refractivity contribution is 0.194. The largest absolute Gasteiger partial charge is 0.465 e. The van der Waals surface area contributed by atoms with Crippen LogP contribution < -0.4 is 5.32 Å². The highest BCUT2D eigenvalue weighted by molar-refractivity contribution is 5.64. The molecule has 0 aromatic carbocycles. The second-order valence-corrected chi connectivity index (χ2v) is 6.71. The first kappa shape index (κ1) is 26.0. The van der Waals surface area contributed by atoms with Crippen LogP contribution in [-0.2, 0) is 0 Å². The second-order valence-electron chi connectivity index (χ2n) is 6.71. The van der Waals surface area contributed by atoms with Crippen molar-refractivity contribution in [2.24, 2.45) is 0 Å². The summed E-state index contributed by atoms with van der Waals surface area (Å²) < 4.78 is 0. The van der Waals surface area contributed by atoms with Gasteiger partial charge in [-0.15, -0.1) is 0 Å². The summed E-state index contributed by atoms with van der Waals surface area (Å²) >= 11 is 0. The van der Waals surface area contributed by atoms with Crippen LogP contribution in [0.1, 0.15) is 110 Å². The van der Waals surface area contributed by atoms with Gasteiger partial charge in [-0.05, 0) is 18.9 Å². The molecule has 148 valence electrons. The summed E-state index contributed by atoms with van der Waals surface area (Å²) in [5.41, 5.74) is 0. The minimum absolute atomic E-state index is 0.605. The second kappa shape index (κ2) is 25.0. The fourth-order valence-electron chi connectivity index (χ4n) is 2.87. The quantitative estimate of drug-likeness (QED) is 0.195. The molecule has 25 heavy (non-hydrogen) atoms. The number of hydrogen-bond acceptors (Lipinski definition) is 2. The molecule has 0 radical (unpaired) electrons. The number of nitrogens with one attached hydrogen (secondary N) is 2. The van der Waals surface area contributed by atoms with E-state index in [1.165, 1.54) is 89.9 Å². The first-order valence-electron chi connectivity index (χ1n) is 10.3. The molecule has 0 fully saturated rings. The van der Waals surface area contributed by atoms with E-state index in [0.717, 1.165) is 12.8 Å². The fraction of sp³-hybridized carbons (Fsp3) is 0.857. The molecule has 0 saturated carbocycles. The molecule has 0 rings (SSSR count). The summed E-state index contributed by atoms with van der Waals surface area (Å²) in [5, 5.41) is 16.7. The van der Waals surface area contributed by atoms with Gasteiger partial charge in [-0.25, -0.2) is 4.79 Å². The lowest BCUT2D eigenvalue weighted by atomic mass is 10.0. The van der Waals surface area contributed by atoms with Gasteiger partial charge in [0.2, 0.25) is 0 Å². The Morgan fingerprint density at radius 1 is 0.800 bits per heavy atom. The van der Waals surface area contributed by atoms with Gasteiger partial charge in [0.05, 0.1) is 0 Å². The number of unbranched alkanes of at least 4 members (excludes halogenated alkanes) is 15. The van der Waals surface area contributed by atoms with Gasteiger partial charge in [-0.1, -0.05) is 103 Å². The van der Waals surface area contributed by atoms with Gasteiger partial charge in [0, 0.05) is 6.54 Å². The van der Waals surface area contributed by atoms with Crippen molar-refractivity contribution >= 4 is 12.0 Å². The van der Waals surface area contributed by atoms with E-state index in [1.54, 1.807) is 5.87 Å². The van der Waals surface area contributed by atoms with Gasteiger partial charge in [-0.3, -0.25) is 5.41 Å². The third-order valence-corrected chi connectivity index (χ3v) is 4.31. The Hall–Kier alpha value is -1.28. The van der Waals surface area contributed by atoms with Crippen molar-refractivity contribution in [2.45, 2.75) is 110 Å². The molecular weight excluding hydrogens is 312 g/mol. The Balaban J connectivity index is 0. The average molecular weight is 355 g/mol. The molecule has 0 saturated heterocycles. The van der Waals surface area contributed by atoms with E-state index in [1.807, 2.05) is 0 Å². The van der Waals surface area contributed by atoms with Crippen molar-refractivity contribution in [3.63, 3.8) is 0 Å². The summed E-state index contributed by atoms with van der Waals surface area (Å²) in [6, 6.07) is 0. The van der Waals surface area contributed by atoms with Crippen LogP contribution in [0.4, 0.5) is 4.79 Å². The maximum Gasteiger partial charge on any atom is 0.404 e. The molecule has 4 heteroatoms. The highest BCUT2D eigenvalue weighted by atomic mass is 16.4. The maximum absolute atomic E-state index is 10.2. The lowest BCUT2D eigenvalue weighted by Gasteiger charge is -2.03. The molecule has 4 nitrogen and oxygen atoms in total. The molecule has 0 heterocycles. The van der Waals surface area contributed by atoms with Gasteiger partial charge in [0.25, 0.3) is 0 Å². The van der Waals surface area contributed by atoms with Crippen LogP contribution in [0, 0.1) is 5.41 Å². The fourth-order valence-corrected chi connectivity index (χ4v) is 2.87. The number of carbonyl (C=O) groups is 1.